The van der Waals surface area contributed by atoms with E-state index in [1.54, 1.807) is 0 Å². The zero-order valence-corrected chi connectivity index (χ0v) is 12.0. The summed E-state index contributed by atoms with van der Waals surface area (Å²) in [6.45, 7) is -0.0373. The molecule has 0 bridgehead atoms. The molecule has 0 aromatic heterocycles. The van der Waals surface area contributed by atoms with Crippen molar-refractivity contribution in [3.05, 3.63) is 63.4 Å². The molecule has 0 radical (unpaired) electrons. The van der Waals surface area contributed by atoms with Crippen LogP contribution in [-0.2, 0) is 12.7 Å². The van der Waals surface area contributed by atoms with Gasteiger partial charge >= 0.3 is 6.18 Å². The topological polar surface area (TPSA) is 12.0 Å². The van der Waals surface area contributed by atoms with Gasteiger partial charge in [0, 0.05) is 22.8 Å². The summed E-state index contributed by atoms with van der Waals surface area (Å²) in [4.78, 5) is 0. The van der Waals surface area contributed by atoms with Crippen LogP contribution in [-0.4, -0.2) is 0 Å². The standard InChI is InChI=1S/C14H9Cl2F4N/c15-11-2-1-3-13(17)9(11)7-21-8-4-5-12(16)10(6-8)14(18,19)20/h1-6,21H,7H2. The summed E-state index contributed by atoms with van der Waals surface area (Å²) in [6, 6.07) is 7.57. The van der Waals surface area contributed by atoms with Gasteiger partial charge in [0.15, 0.2) is 0 Å². The van der Waals surface area contributed by atoms with Gasteiger partial charge in [-0.1, -0.05) is 29.3 Å². The van der Waals surface area contributed by atoms with Crippen molar-refractivity contribution < 1.29 is 17.6 Å². The Labute approximate surface area is 128 Å². The van der Waals surface area contributed by atoms with Gasteiger partial charge in [-0.25, -0.2) is 4.39 Å². The van der Waals surface area contributed by atoms with Gasteiger partial charge in [0.25, 0.3) is 0 Å². The van der Waals surface area contributed by atoms with Gasteiger partial charge in [0.1, 0.15) is 5.82 Å². The highest BCUT2D eigenvalue weighted by atomic mass is 35.5. The third-order valence-electron chi connectivity index (χ3n) is 2.80. The molecule has 0 atom stereocenters. The van der Waals surface area contributed by atoms with Crippen molar-refractivity contribution in [2.24, 2.45) is 0 Å². The normalized spacial score (nSPS) is 11.5. The van der Waals surface area contributed by atoms with E-state index in [1.807, 2.05) is 0 Å². The van der Waals surface area contributed by atoms with Crippen LogP contribution in [0.5, 0.6) is 0 Å². The number of alkyl halides is 3. The second kappa shape index (κ2) is 6.12. The summed E-state index contributed by atoms with van der Waals surface area (Å²) in [5.74, 6) is -0.528. The molecule has 0 unspecified atom stereocenters. The van der Waals surface area contributed by atoms with Gasteiger partial charge in [-0.2, -0.15) is 13.2 Å². The zero-order valence-electron chi connectivity index (χ0n) is 10.4. The van der Waals surface area contributed by atoms with Crippen LogP contribution in [0.4, 0.5) is 23.2 Å². The van der Waals surface area contributed by atoms with Gasteiger partial charge in [-0.3, -0.25) is 0 Å². The fraction of sp³-hybridized carbons (Fsp3) is 0.143. The van der Waals surface area contributed by atoms with E-state index >= 15 is 0 Å². The molecule has 2 rings (SSSR count). The van der Waals surface area contributed by atoms with Crippen LogP contribution >= 0.6 is 23.2 Å². The minimum Gasteiger partial charge on any atom is -0.381 e. The van der Waals surface area contributed by atoms with Crippen LogP contribution in [0.2, 0.25) is 10.0 Å². The van der Waals surface area contributed by atoms with E-state index in [9.17, 15) is 17.6 Å². The molecule has 0 aliphatic rings. The molecule has 0 saturated carbocycles. The number of rotatable bonds is 3. The molecular weight excluding hydrogens is 329 g/mol. The fourth-order valence-corrected chi connectivity index (χ4v) is 2.20. The first kappa shape index (κ1) is 15.9. The number of benzene rings is 2. The Morgan fingerprint density at radius 2 is 1.71 bits per heavy atom. The van der Waals surface area contributed by atoms with Gasteiger partial charge in [0.05, 0.1) is 10.6 Å². The molecule has 112 valence electrons. The molecule has 21 heavy (non-hydrogen) atoms. The van der Waals surface area contributed by atoms with Crippen LogP contribution < -0.4 is 5.32 Å². The molecule has 0 saturated heterocycles. The molecule has 1 N–H and O–H groups in total. The lowest BCUT2D eigenvalue weighted by molar-refractivity contribution is -0.137. The highest BCUT2D eigenvalue weighted by Crippen LogP contribution is 2.36. The maximum Gasteiger partial charge on any atom is 0.417 e. The smallest absolute Gasteiger partial charge is 0.381 e. The predicted octanol–water partition coefficient (Wildman–Crippen LogP) is 5.76. The maximum absolute atomic E-state index is 13.6. The molecule has 2 aromatic rings. The van der Waals surface area contributed by atoms with Crippen molar-refractivity contribution in [3.63, 3.8) is 0 Å². The first-order valence-corrected chi connectivity index (χ1v) is 6.58. The van der Waals surface area contributed by atoms with Crippen molar-refractivity contribution in [1.29, 1.82) is 0 Å². The fourth-order valence-electron chi connectivity index (χ4n) is 1.74. The predicted molar refractivity (Wildman–Crippen MR) is 75.2 cm³/mol. The molecule has 0 heterocycles. The van der Waals surface area contributed by atoms with E-state index < -0.39 is 22.6 Å². The highest BCUT2D eigenvalue weighted by molar-refractivity contribution is 6.31. The third-order valence-corrected chi connectivity index (χ3v) is 3.49. The summed E-state index contributed by atoms with van der Waals surface area (Å²) >= 11 is 11.4. The van der Waals surface area contributed by atoms with Crippen molar-refractivity contribution in [2.45, 2.75) is 12.7 Å². The number of hydrogen-bond acceptors (Lipinski definition) is 1. The highest BCUT2D eigenvalue weighted by Gasteiger charge is 2.33. The van der Waals surface area contributed by atoms with Crippen LogP contribution in [0.1, 0.15) is 11.1 Å². The van der Waals surface area contributed by atoms with Crippen molar-refractivity contribution >= 4 is 28.9 Å². The van der Waals surface area contributed by atoms with E-state index in [2.05, 4.69) is 5.32 Å². The lowest BCUT2D eigenvalue weighted by Crippen LogP contribution is -2.08. The van der Waals surface area contributed by atoms with Crippen molar-refractivity contribution in [1.82, 2.24) is 0 Å². The van der Waals surface area contributed by atoms with Gasteiger partial charge in [0.2, 0.25) is 0 Å². The molecule has 7 heteroatoms. The molecule has 2 aromatic carbocycles. The molecule has 0 spiro atoms. The summed E-state index contributed by atoms with van der Waals surface area (Å²) in [7, 11) is 0. The molecule has 1 nitrogen and oxygen atoms in total. The van der Waals surface area contributed by atoms with Crippen LogP contribution in [0.3, 0.4) is 0 Å². The third kappa shape index (κ3) is 3.80. The number of nitrogens with one attached hydrogen (secondary N) is 1. The van der Waals surface area contributed by atoms with Gasteiger partial charge in [-0.05, 0) is 30.3 Å². The largest absolute Gasteiger partial charge is 0.417 e. The average Bonchev–Trinajstić information content (AvgIpc) is 2.38. The quantitative estimate of drug-likeness (QED) is 0.701. The number of anilines is 1. The molecule has 0 aliphatic heterocycles. The van der Waals surface area contributed by atoms with E-state index in [0.717, 1.165) is 12.1 Å². The average molecular weight is 338 g/mol. The summed E-state index contributed by atoms with van der Waals surface area (Å²) in [5, 5.41) is 2.51. The Morgan fingerprint density at radius 1 is 1.00 bits per heavy atom. The number of hydrogen-bond donors (Lipinski definition) is 1. The van der Waals surface area contributed by atoms with E-state index in [-0.39, 0.29) is 22.8 Å². The summed E-state index contributed by atoms with van der Waals surface area (Å²) < 4.78 is 51.7. The Kier molecular flexibility index (Phi) is 4.64. The zero-order chi connectivity index (χ0) is 15.6. The van der Waals surface area contributed by atoms with Crippen LogP contribution in [0.15, 0.2) is 36.4 Å². The van der Waals surface area contributed by atoms with E-state index in [4.69, 9.17) is 23.2 Å². The Hall–Kier alpha value is -1.46. The second-order valence-electron chi connectivity index (χ2n) is 4.25. The maximum atomic E-state index is 13.6. The first-order chi connectivity index (χ1) is 9.79. The Morgan fingerprint density at radius 3 is 2.33 bits per heavy atom. The number of halogens is 6. The van der Waals surface area contributed by atoms with Crippen molar-refractivity contribution in [3.8, 4) is 0 Å². The molecule has 0 aliphatic carbocycles. The monoisotopic (exact) mass is 337 g/mol. The summed E-state index contributed by atoms with van der Waals surface area (Å²) in [6.07, 6.45) is -4.55. The van der Waals surface area contributed by atoms with Gasteiger partial charge in [-0.15, -0.1) is 0 Å². The Bertz CT molecular complexity index is 636. The Balaban J connectivity index is 2.22. The molecular formula is C14H9Cl2F4N. The lowest BCUT2D eigenvalue weighted by atomic mass is 10.1. The minimum absolute atomic E-state index is 0.0373. The van der Waals surface area contributed by atoms with Gasteiger partial charge < -0.3 is 5.32 Å². The van der Waals surface area contributed by atoms with Crippen LogP contribution in [0, 0.1) is 5.82 Å². The minimum atomic E-state index is -4.55. The molecule has 0 fully saturated rings. The summed E-state index contributed by atoms with van der Waals surface area (Å²) in [5.41, 5.74) is -0.595. The lowest BCUT2D eigenvalue weighted by Gasteiger charge is -2.13. The van der Waals surface area contributed by atoms with E-state index in [0.29, 0.717) is 0 Å². The SMILES string of the molecule is Fc1cccc(Cl)c1CNc1ccc(Cl)c(C(F)(F)F)c1. The first-order valence-electron chi connectivity index (χ1n) is 5.82. The van der Waals surface area contributed by atoms with E-state index in [1.165, 1.54) is 24.3 Å². The second-order valence-corrected chi connectivity index (χ2v) is 5.06. The molecule has 0 amide bonds. The van der Waals surface area contributed by atoms with Crippen LogP contribution in [0.25, 0.3) is 0 Å². The van der Waals surface area contributed by atoms with Crippen molar-refractivity contribution in [2.75, 3.05) is 5.32 Å².